The molecule has 1 aliphatic heterocycles. The Morgan fingerprint density at radius 2 is 1.79 bits per heavy atom. The molecular weight excluding hydrogens is 282 g/mol. The Morgan fingerprint density at radius 3 is 2.32 bits per heavy atom. The first kappa shape index (κ1) is 16.7. The van der Waals surface area contributed by atoms with Gasteiger partial charge in [-0.15, -0.1) is 0 Å². The first-order chi connectivity index (χ1) is 8.76. The van der Waals surface area contributed by atoms with E-state index >= 15 is 0 Å². The van der Waals surface area contributed by atoms with Gasteiger partial charge in [-0.1, -0.05) is 0 Å². The van der Waals surface area contributed by atoms with Crippen LogP contribution in [-0.4, -0.2) is 77.9 Å². The molecule has 0 radical (unpaired) electrons. The Bertz CT molecular complexity index is 374. The van der Waals surface area contributed by atoms with Gasteiger partial charge in [0, 0.05) is 0 Å². The third-order valence-electron chi connectivity index (χ3n) is 2.67. The summed E-state index contributed by atoms with van der Waals surface area (Å²) >= 11 is 0. The van der Waals surface area contributed by atoms with Crippen LogP contribution in [0.1, 0.15) is 6.42 Å². The minimum absolute atomic E-state index is 0.139. The molecule has 1 saturated heterocycles. The Hall–Kier alpha value is -0.330. The quantitative estimate of drug-likeness (QED) is 0.255. The number of hydrogen-bond donors (Lipinski definition) is 5. The standard InChI is InChI=1S/C9H19NO8S/c10-2-1-3-17-9-8(13)7(12)6(11)5(18-9)4-19(14,15)16/h5-9,11-13H,1-4,10H2,(H,14,15,16)/t5-,6-,7+,8-,9?/m1/s1. The molecule has 0 aromatic carbocycles. The van der Waals surface area contributed by atoms with E-state index in [-0.39, 0.29) is 6.61 Å². The van der Waals surface area contributed by atoms with Gasteiger partial charge < -0.3 is 30.5 Å². The molecule has 0 aromatic rings. The summed E-state index contributed by atoms with van der Waals surface area (Å²) in [6.07, 6.45) is -7.01. The van der Waals surface area contributed by atoms with Crippen molar-refractivity contribution in [2.75, 3.05) is 18.9 Å². The molecular formula is C9H19NO8S. The second-order valence-electron chi connectivity index (χ2n) is 4.28. The van der Waals surface area contributed by atoms with Crippen LogP contribution in [0.3, 0.4) is 0 Å². The lowest BCUT2D eigenvalue weighted by molar-refractivity contribution is -0.292. The minimum Gasteiger partial charge on any atom is -0.388 e. The van der Waals surface area contributed by atoms with Gasteiger partial charge in [-0.05, 0) is 13.0 Å². The van der Waals surface area contributed by atoms with E-state index in [2.05, 4.69) is 0 Å². The van der Waals surface area contributed by atoms with Crippen molar-refractivity contribution in [3.05, 3.63) is 0 Å². The highest BCUT2D eigenvalue weighted by Gasteiger charge is 2.45. The monoisotopic (exact) mass is 301 g/mol. The van der Waals surface area contributed by atoms with Crippen LogP contribution in [0.5, 0.6) is 0 Å². The lowest BCUT2D eigenvalue weighted by Crippen LogP contribution is -2.59. The van der Waals surface area contributed by atoms with E-state index in [1.165, 1.54) is 0 Å². The van der Waals surface area contributed by atoms with Gasteiger partial charge in [0.1, 0.15) is 30.2 Å². The molecule has 1 rings (SSSR count). The highest BCUT2D eigenvalue weighted by molar-refractivity contribution is 7.85. The molecule has 5 atom stereocenters. The fourth-order valence-electron chi connectivity index (χ4n) is 1.68. The fraction of sp³-hybridized carbons (Fsp3) is 1.00. The SMILES string of the molecule is NCCCOC1O[C@H](CS(=O)(=O)O)[C@@H](O)[C@H](O)[C@H]1O. The fourth-order valence-corrected chi connectivity index (χ4v) is 2.37. The van der Waals surface area contributed by atoms with Crippen LogP contribution in [0.2, 0.25) is 0 Å². The Morgan fingerprint density at radius 1 is 1.16 bits per heavy atom. The van der Waals surface area contributed by atoms with Crippen molar-refractivity contribution in [1.29, 1.82) is 0 Å². The summed E-state index contributed by atoms with van der Waals surface area (Å²) in [6, 6.07) is 0. The summed E-state index contributed by atoms with van der Waals surface area (Å²) in [5.74, 6) is -0.908. The first-order valence-corrected chi connectivity index (χ1v) is 7.33. The molecule has 1 fully saturated rings. The summed E-state index contributed by atoms with van der Waals surface area (Å²) < 4.78 is 40.4. The number of nitrogens with two attached hydrogens (primary N) is 1. The highest BCUT2D eigenvalue weighted by Crippen LogP contribution is 2.23. The van der Waals surface area contributed by atoms with Crippen molar-refractivity contribution in [3.63, 3.8) is 0 Å². The smallest absolute Gasteiger partial charge is 0.267 e. The predicted molar refractivity (Wildman–Crippen MR) is 62.7 cm³/mol. The van der Waals surface area contributed by atoms with Crippen molar-refractivity contribution >= 4 is 10.1 Å². The molecule has 114 valence electrons. The van der Waals surface area contributed by atoms with E-state index in [9.17, 15) is 23.7 Å². The number of rotatable bonds is 6. The molecule has 0 amide bonds. The molecule has 0 spiro atoms. The first-order valence-electron chi connectivity index (χ1n) is 5.72. The maximum atomic E-state index is 10.8. The van der Waals surface area contributed by atoms with Crippen molar-refractivity contribution in [1.82, 2.24) is 0 Å². The lowest BCUT2D eigenvalue weighted by Gasteiger charge is -2.39. The van der Waals surface area contributed by atoms with Crippen LogP contribution >= 0.6 is 0 Å². The third-order valence-corrected chi connectivity index (χ3v) is 3.42. The molecule has 0 saturated carbocycles. The van der Waals surface area contributed by atoms with Crippen molar-refractivity contribution in [3.8, 4) is 0 Å². The molecule has 6 N–H and O–H groups in total. The predicted octanol–water partition coefficient (Wildman–Crippen LogP) is -2.95. The molecule has 1 unspecified atom stereocenters. The zero-order chi connectivity index (χ0) is 14.6. The van der Waals surface area contributed by atoms with Crippen LogP contribution in [0.15, 0.2) is 0 Å². The Kier molecular flexibility index (Phi) is 6.08. The molecule has 0 aliphatic carbocycles. The number of aliphatic hydroxyl groups excluding tert-OH is 3. The zero-order valence-electron chi connectivity index (χ0n) is 10.1. The summed E-state index contributed by atoms with van der Waals surface area (Å²) in [4.78, 5) is 0. The summed E-state index contributed by atoms with van der Waals surface area (Å²) in [5.41, 5.74) is 5.25. The van der Waals surface area contributed by atoms with Crippen LogP contribution in [0, 0.1) is 0 Å². The second-order valence-corrected chi connectivity index (χ2v) is 5.77. The molecule has 19 heavy (non-hydrogen) atoms. The van der Waals surface area contributed by atoms with Crippen LogP contribution in [0.4, 0.5) is 0 Å². The van der Waals surface area contributed by atoms with Gasteiger partial charge in [0.05, 0.1) is 6.61 Å². The van der Waals surface area contributed by atoms with E-state index in [1.807, 2.05) is 0 Å². The van der Waals surface area contributed by atoms with Crippen molar-refractivity contribution in [2.45, 2.75) is 37.1 Å². The third kappa shape index (κ3) is 4.93. The van der Waals surface area contributed by atoms with E-state index < -0.39 is 46.6 Å². The average molecular weight is 301 g/mol. The summed E-state index contributed by atoms with van der Waals surface area (Å²) in [5, 5.41) is 28.8. The molecule has 10 heteroatoms. The second kappa shape index (κ2) is 6.90. The van der Waals surface area contributed by atoms with Crippen LogP contribution in [0.25, 0.3) is 0 Å². The largest absolute Gasteiger partial charge is 0.388 e. The van der Waals surface area contributed by atoms with Gasteiger partial charge in [-0.2, -0.15) is 8.42 Å². The normalized spacial score (nSPS) is 36.4. The Balaban J connectivity index is 2.68. The van der Waals surface area contributed by atoms with Gasteiger partial charge in [-0.25, -0.2) is 0 Å². The van der Waals surface area contributed by atoms with E-state index in [1.54, 1.807) is 0 Å². The summed E-state index contributed by atoms with van der Waals surface area (Å²) in [7, 11) is -4.40. The number of ether oxygens (including phenoxy) is 2. The van der Waals surface area contributed by atoms with E-state index in [4.69, 9.17) is 19.8 Å². The molecule has 1 heterocycles. The number of aliphatic hydroxyl groups is 3. The van der Waals surface area contributed by atoms with E-state index in [0.717, 1.165) is 0 Å². The Labute approximate surface area is 110 Å². The van der Waals surface area contributed by atoms with Gasteiger partial charge in [0.25, 0.3) is 10.1 Å². The van der Waals surface area contributed by atoms with E-state index in [0.29, 0.717) is 13.0 Å². The lowest BCUT2D eigenvalue weighted by atomic mass is 10.00. The molecule has 1 aliphatic rings. The van der Waals surface area contributed by atoms with Crippen molar-refractivity contribution in [2.24, 2.45) is 5.73 Å². The van der Waals surface area contributed by atoms with Gasteiger partial charge >= 0.3 is 0 Å². The van der Waals surface area contributed by atoms with Gasteiger partial charge in [-0.3, -0.25) is 4.55 Å². The topological polar surface area (TPSA) is 160 Å². The summed E-state index contributed by atoms with van der Waals surface area (Å²) in [6.45, 7) is 0.488. The molecule has 9 nitrogen and oxygen atoms in total. The van der Waals surface area contributed by atoms with Gasteiger partial charge in [0.2, 0.25) is 0 Å². The van der Waals surface area contributed by atoms with Gasteiger partial charge in [0.15, 0.2) is 6.29 Å². The molecule has 0 bridgehead atoms. The van der Waals surface area contributed by atoms with Crippen LogP contribution in [-0.2, 0) is 19.6 Å². The maximum absolute atomic E-state index is 10.8. The zero-order valence-corrected chi connectivity index (χ0v) is 10.9. The van der Waals surface area contributed by atoms with Crippen LogP contribution < -0.4 is 5.73 Å². The molecule has 0 aromatic heterocycles. The number of hydrogen-bond acceptors (Lipinski definition) is 8. The minimum atomic E-state index is -4.40. The van der Waals surface area contributed by atoms with Crippen molar-refractivity contribution < 1.29 is 37.8 Å². The average Bonchev–Trinajstić information content (AvgIpc) is 2.30. The highest BCUT2D eigenvalue weighted by atomic mass is 32.2. The maximum Gasteiger partial charge on any atom is 0.267 e.